The topological polar surface area (TPSA) is 51.5 Å². The van der Waals surface area contributed by atoms with Gasteiger partial charge >= 0.3 is 0 Å². The summed E-state index contributed by atoms with van der Waals surface area (Å²) >= 11 is 7.35. The van der Waals surface area contributed by atoms with Crippen LogP contribution in [0.25, 0.3) is 0 Å². The maximum Gasteiger partial charge on any atom is 0.254 e. The maximum absolute atomic E-state index is 12.1. The molecule has 0 fully saturated rings. The molecule has 2 rings (SSSR count). The number of methoxy groups -OCH3 is 1. The molecule has 4 nitrogen and oxygen atoms in total. The molecule has 0 aliphatic carbocycles. The van der Waals surface area contributed by atoms with Gasteiger partial charge in [0.2, 0.25) is 0 Å². The van der Waals surface area contributed by atoms with Crippen LogP contribution in [0.3, 0.4) is 0 Å². The number of hydrogen-bond donors (Lipinski definition) is 1. The van der Waals surface area contributed by atoms with Gasteiger partial charge in [0.15, 0.2) is 0 Å². The monoisotopic (exact) mass is 313 g/mol. The minimum absolute atomic E-state index is 0.163. The van der Waals surface area contributed by atoms with E-state index in [0.29, 0.717) is 22.2 Å². The fourth-order valence-electron chi connectivity index (χ4n) is 1.94. The molecule has 2 aromatic heterocycles. The van der Waals surface area contributed by atoms with E-state index in [-0.39, 0.29) is 12.0 Å². The molecular formula is C14H16ClNO3S. The smallest absolute Gasteiger partial charge is 0.254 e. The second-order valence-electron chi connectivity index (χ2n) is 4.40. The van der Waals surface area contributed by atoms with E-state index < -0.39 is 0 Å². The molecule has 20 heavy (non-hydrogen) atoms. The van der Waals surface area contributed by atoms with Crippen molar-refractivity contribution >= 4 is 28.8 Å². The van der Waals surface area contributed by atoms with E-state index in [0.717, 1.165) is 10.6 Å². The van der Waals surface area contributed by atoms with Gasteiger partial charge in [0.25, 0.3) is 5.91 Å². The second kappa shape index (κ2) is 6.43. The van der Waals surface area contributed by atoms with Gasteiger partial charge in [-0.25, -0.2) is 0 Å². The number of nitrogens with one attached hydrogen (secondary N) is 1. The van der Waals surface area contributed by atoms with Gasteiger partial charge in [0.05, 0.1) is 9.90 Å². The van der Waals surface area contributed by atoms with Crippen LogP contribution in [-0.4, -0.2) is 19.6 Å². The van der Waals surface area contributed by atoms with Gasteiger partial charge in [-0.1, -0.05) is 11.6 Å². The number of ether oxygens (including phenoxy) is 1. The number of rotatable bonds is 5. The van der Waals surface area contributed by atoms with Crippen LogP contribution in [0.15, 0.2) is 22.6 Å². The molecule has 0 bridgehead atoms. The largest absolute Gasteiger partial charge is 0.466 e. The molecule has 0 unspecified atom stereocenters. The summed E-state index contributed by atoms with van der Waals surface area (Å²) in [5.74, 6) is 1.18. The van der Waals surface area contributed by atoms with Crippen LogP contribution in [0.1, 0.15) is 32.9 Å². The van der Waals surface area contributed by atoms with Crippen LogP contribution < -0.4 is 5.32 Å². The molecule has 1 N–H and O–H groups in total. The minimum atomic E-state index is -0.204. The summed E-state index contributed by atoms with van der Waals surface area (Å²) in [4.78, 5) is 13.1. The highest BCUT2D eigenvalue weighted by Gasteiger charge is 2.17. The Morgan fingerprint density at radius 2 is 2.25 bits per heavy atom. The van der Waals surface area contributed by atoms with E-state index in [1.54, 1.807) is 20.1 Å². The summed E-state index contributed by atoms with van der Waals surface area (Å²) in [6.45, 7) is 3.97. The van der Waals surface area contributed by atoms with Crippen LogP contribution >= 0.6 is 22.9 Å². The SMILES string of the molecule is CO[C@H](CNC(=O)c1cc(C)oc1C)c1ccc(Cl)s1. The lowest BCUT2D eigenvalue weighted by atomic mass is 10.2. The van der Waals surface area contributed by atoms with Gasteiger partial charge in [0.1, 0.15) is 17.6 Å². The summed E-state index contributed by atoms with van der Waals surface area (Å²) in [5, 5.41) is 2.85. The Balaban J connectivity index is 2.00. The first-order valence-corrected chi connectivity index (χ1v) is 7.34. The zero-order valence-corrected chi connectivity index (χ0v) is 13.1. The molecule has 108 valence electrons. The first-order chi connectivity index (χ1) is 9.51. The third-order valence-corrected chi connectivity index (χ3v) is 4.25. The summed E-state index contributed by atoms with van der Waals surface area (Å²) in [6, 6.07) is 5.45. The molecule has 1 amide bonds. The Hall–Kier alpha value is -1.30. The van der Waals surface area contributed by atoms with Crippen molar-refractivity contribution in [3.8, 4) is 0 Å². The van der Waals surface area contributed by atoms with Gasteiger partial charge in [-0.2, -0.15) is 0 Å². The van der Waals surface area contributed by atoms with Crippen molar-refractivity contribution in [2.75, 3.05) is 13.7 Å². The van der Waals surface area contributed by atoms with Crippen molar-refractivity contribution in [1.29, 1.82) is 0 Å². The van der Waals surface area contributed by atoms with Crippen molar-refractivity contribution in [2.24, 2.45) is 0 Å². The van der Waals surface area contributed by atoms with Crippen LogP contribution in [0, 0.1) is 13.8 Å². The highest BCUT2D eigenvalue weighted by molar-refractivity contribution is 7.16. The van der Waals surface area contributed by atoms with Gasteiger partial charge < -0.3 is 14.5 Å². The quantitative estimate of drug-likeness (QED) is 0.915. The van der Waals surface area contributed by atoms with E-state index >= 15 is 0 Å². The van der Waals surface area contributed by atoms with Crippen LogP contribution in [0.2, 0.25) is 4.34 Å². The molecular weight excluding hydrogens is 298 g/mol. The van der Waals surface area contributed by atoms with Crippen LogP contribution in [0.5, 0.6) is 0 Å². The normalized spacial score (nSPS) is 12.4. The van der Waals surface area contributed by atoms with Crippen LogP contribution in [0.4, 0.5) is 0 Å². The molecule has 0 saturated heterocycles. The van der Waals surface area contributed by atoms with E-state index in [9.17, 15) is 4.79 Å². The predicted molar refractivity (Wildman–Crippen MR) is 79.6 cm³/mol. The van der Waals surface area contributed by atoms with Crippen molar-refractivity contribution in [2.45, 2.75) is 20.0 Å². The third-order valence-electron chi connectivity index (χ3n) is 2.93. The van der Waals surface area contributed by atoms with Gasteiger partial charge in [-0.3, -0.25) is 4.79 Å². The van der Waals surface area contributed by atoms with Crippen molar-refractivity contribution in [1.82, 2.24) is 5.32 Å². The predicted octanol–water partition coefficient (Wildman–Crippen LogP) is 3.73. The zero-order valence-electron chi connectivity index (χ0n) is 11.5. The van der Waals surface area contributed by atoms with E-state index in [1.165, 1.54) is 11.3 Å². The molecule has 0 aromatic carbocycles. The molecule has 2 aromatic rings. The van der Waals surface area contributed by atoms with Gasteiger partial charge in [-0.05, 0) is 32.0 Å². The van der Waals surface area contributed by atoms with Crippen LogP contribution in [-0.2, 0) is 4.74 Å². The summed E-state index contributed by atoms with van der Waals surface area (Å²) < 4.78 is 11.4. The molecule has 0 aliphatic rings. The van der Waals surface area contributed by atoms with E-state index in [2.05, 4.69) is 5.32 Å². The number of hydrogen-bond acceptors (Lipinski definition) is 4. The lowest BCUT2D eigenvalue weighted by molar-refractivity contribution is 0.0836. The highest BCUT2D eigenvalue weighted by Crippen LogP contribution is 2.28. The van der Waals surface area contributed by atoms with Crippen molar-refractivity contribution in [3.05, 3.63) is 44.5 Å². The first-order valence-electron chi connectivity index (χ1n) is 6.14. The Bertz CT molecular complexity index is 605. The van der Waals surface area contributed by atoms with Gasteiger partial charge in [-0.15, -0.1) is 11.3 Å². The summed E-state index contributed by atoms with van der Waals surface area (Å²) in [6.07, 6.45) is -0.204. The molecule has 0 radical (unpaired) electrons. The maximum atomic E-state index is 12.1. The minimum Gasteiger partial charge on any atom is -0.466 e. The highest BCUT2D eigenvalue weighted by atomic mass is 35.5. The van der Waals surface area contributed by atoms with Crippen molar-refractivity contribution < 1.29 is 13.9 Å². The summed E-state index contributed by atoms with van der Waals surface area (Å²) in [7, 11) is 1.61. The Kier molecular flexibility index (Phi) is 4.86. The van der Waals surface area contributed by atoms with E-state index in [1.807, 2.05) is 19.1 Å². The van der Waals surface area contributed by atoms with Crippen molar-refractivity contribution in [3.63, 3.8) is 0 Å². The molecule has 1 atom stereocenters. The standard InChI is InChI=1S/C14H16ClNO3S/c1-8-6-10(9(2)19-8)14(17)16-7-11(18-3)12-4-5-13(15)20-12/h4-6,11H,7H2,1-3H3,(H,16,17)/t11-/m1/s1. The lowest BCUT2D eigenvalue weighted by Gasteiger charge is -2.14. The molecule has 0 aliphatic heterocycles. The average molecular weight is 314 g/mol. The fourth-order valence-corrected chi connectivity index (χ4v) is 3.08. The third kappa shape index (κ3) is 3.42. The number of amides is 1. The molecule has 0 spiro atoms. The molecule has 2 heterocycles. The second-order valence-corrected chi connectivity index (χ2v) is 6.15. The molecule has 0 saturated carbocycles. The molecule has 6 heteroatoms. The zero-order chi connectivity index (χ0) is 14.7. The first kappa shape index (κ1) is 15.1. The number of thiophene rings is 1. The number of furan rings is 1. The average Bonchev–Trinajstić information content (AvgIpc) is 2.96. The fraction of sp³-hybridized carbons (Fsp3) is 0.357. The lowest BCUT2D eigenvalue weighted by Crippen LogP contribution is -2.29. The Labute approximate surface area is 126 Å². The Morgan fingerprint density at radius 3 is 2.75 bits per heavy atom. The van der Waals surface area contributed by atoms with E-state index in [4.69, 9.17) is 20.8 Å². The Morgan fingerprint density at radius 1 is 1.50 bits per heavy atom. The summed E-state index contributed by atoms with van der Waals surface area (Å²) in [5.41, 5.74) is 0.557. The number of aryl methyl sites for hydroxylation is 2. The number of carbonyl (C=O) groups excluding carboxylic acids is 1. The van der Waals surface area contributed by atoms with Gasteiger partial charge in [0, 0.05) is 18.5 Å². The number of carbonyl (C=O) groups is 1. The number of halogens is 1.